The molecular weight excluding hydrogens is 454 g/mol. The van der Waals surface area contributed by atoms with E-state index in [0.29, 0.717) is 18.8 Å². The zero-order chi connectivity index (χ0) is 24.1. The molecule has 1 N–H and O–H groups in total. The topological polar surface area (TPSA) is 88.2 Å². The fourth-order valence-corrected chi connectivity index (χ4v) is 6.11. The van der Waals surface area contributed by atoms with Gasteiger partial charge >= 0.3 is 0 Å². The second-order valence-corrected chi connectivity index (χ2v) is 10.8. The summed E-state index contributed by atoms with van der Waals surface area (Å²) >= 11 is 0. The Morgan fingerprint density at radius 1 is 1.09 bits per heavy atom. The van der Waals surface area contributed by atoms with Gasteiger partial charge in [0.25, 0.3) is 5.91 Å². The van der Waals surface area contributed by atoms with Crippen LogP contribution in [0.3, 0.4) is 0 Å². The van der Waals surface area contributed by atoms with Gasteiger partial charge in [0.2, 0.25) is 10.0 Å². The van der Waals surface area contributed by atoms with Crippen LogP contribution >= 0.6 is 0 Å². The molecular formula is C25H33N3O5S. The highest BCUT2D eigenvalue weighted by atomic mass is 32.2. The molecule has 184 valence electrons. The van der Waals surface area contributed by atoms with Crippen LogP contribution in [-0.4, -0.2) is 76.1 Å². The lowest BCUT2D eigenvalue weighted by atomic mass is 10.0. The lowest BCUT2D eigenvalue weighted by molar-refractivity contribution is 0.0729. The van der Waals surface area contributed by atoms with E-state index in [1.807, 2.05) is 0 Å². The second-order valence-electron chi connectivity index (χ2n) is 8.90. The van der Waals surface area contributed by atoms with Gasteiger partial charge < -0.3 is 14.8 Å². The number of hydrogen-bond donors (Lipinski definition) is 1. The first-order valence-electron chi connectivity index (χ1n) is 11.7. The summed E-state index contributed by atoms with van der Waals surface area (Å²) in [6.45, 7) is 6.07. The average molecular weight is 488 g/mol. The van der Waals surface area contributed by atoms with Crippen molar-refractivity contribution in [2.45, 2.75) is 37.2 Å². The number of piperidine rings is 1. The van der Waals surface area contributed by atoms with E-state index >= 15 is 0 Å². The number of methoxy groups -OCH3 is 1. The van der Waals surface area contributed by atoms with Crippen molar-refractivity contribution in [1.82, 2.24) is 14.5 Å². The average Bonchev–Trinajstić information content (AvgIpc) is 2.85. The third kappa shape index (κ3) is 5.78. The van der Waals surface area contributed by atoms with Gasteiger partial charge in [0, 0.05) is 44.3 Å². The van der Waals surface area contributed by atoms with Gasteiger partial charge in [-0.25, -0.2) is 8.42 Å². The standard InChI is InChI=1S/C25H33N3O5S/c1-19-4-3-5-20(16-19)18-27-10-8-22(9-11-27)26-25(29)21-6-7-23(32-2)24(17-21)34(30,31)28-12-14-33-15-13-28/h3-7,16-17,22H,8-15,18H2,1-2H3,(H,26,29). The summed E-state index contributed by atoms with van der Waals surface area (Å²) in [5.41, 5.74) is 2.87. The Kier molecular flexibility index (Phi) is 7.88. The Balaban J connectivity index is 1.39. The van der Waals surface area contributed by atoms with Crippen molar-refractivity contribution in [3.8, 4) is 5.75 Å². The van der Waals surface area contributed by atoms with E-state index in [1.54, 1.807) is 12.1 Å². The number of carbonyl (C=O) groups is 1. The SMILES string of the molecule is COc1ccc(C(=O)NC2CCN(Cc3cccc(C)c3)CC2)cc1S(=O)(=O)N1CCOCC1. The number of rotatable bonds is 7. The molecule has 2 aliphatic heterocycles. The van der Waals surface area contributed by atoms with Gasteiger partial charge in [-0.3, -0.25) is 9.69 Å². The summed E-state index contributed by atoms with van der Waals surface area (Å²) in [4.78, 5) is 15.4. The minimum absolute atomic E-state index is 0.0116. The fraction of sp³-hybridized carbons (Fsp3) is 0.480. The van der Waals surface area contributed by atoms with Gasteiger partial charge in [-0.05, 0) is 43.5 Å². The van der Waals surface area contributed by atoms with Crippen LogP contribution in [-0.2, 0) is 21.3 Å². The van der Waals surface area contributed by atoms with E-state index in [0.717, 1.165) is 32.5 Å². The molecule has 0 atom stereocenters. The zero-order valence-electron chi connectivity index (χ0n) is 19.8. The maximum absolute atomic E-state index is 13.2. The largest absolute Gasteiger partial charge is 0.495 e. The molecule has 2 heterocycles. The molecule has 9 heteroatoms. The maximum atomic E-state index is 13.2. The van der Waals surface area contributed by atoms with Crippen LogP contribution in [0, 0.1) is 6.92 Å². The summed E-state index contributed by atoms with van der Waals surface area (Å²) in [6.07, 6.45) is 1.71. The number of benzene rings is 2. The molecule has 2 saturated heterocycles. The molecule has 0 bridgehead atoms. The molecule has 8 nitrogen and oxygen atoms in total. The molecule has 4 rings (SSSR count). The molecule has 1 amide bonds. The van der Waals surface area contributed by atoms with Crippen molar-refractivity contribution < 1.29 is 22.7 Å². The van der Waals surface area contributed by atoms with Crippen molar-refractivity contribution in [3.05, 3.63) is 59.2 Å². The lowest BCUT2D eigenvalue weighted by Gasteiger charge is -2.32. The van der Waals surface area contributed by atoms with E-state index in [1.165, 1.54) is 28.6 Å². The maximum Gasteiger partial charge on any atom is 0.251 e. The number of sulfonamides is 1. The van der Waals surface area contributed by atoms with Crippen molar-refractivity contribution in [2.24, 2.45) is 0 Å². The van der Waals surface area contributed by atoms with Gasteiger partial charge in [-0.1, -0.05) is 29.8 Å². The Morgan fingerprint density at radius 2 is 1.82 bits per heavy atom. The minimum atomic E-state index is -3.79. The van der Waals surface area contributed by atoms with Crippen LogP contribution in [0.2, 0.25) is 0 Å². The second kappa shape index (κ2) is 10.9. The van der Waals surface area contributed by atoms with E-state index in [9.17, 15) is 13.2 Å². The highest BCUT2D eigenvalue weighted by Gasteiger charge is 2.30. The number of nitrogens with one attached hydrogen (secondary N) is 1. The van der Waals surface area contributed by atoms with Crippen molar-refractivity contribution >= 4 is 15.9 Å². The van der Waals surface area contributed by atoms with Crippen LogP contribution in [0.4, 0.5) is 0 Å². The molecule has 2 aliphatic rings. The third-order valence-corrected chi connectivity index (χ3v) is 8.34. The van der Waals surface area contributed by atoms with Crippen LogP contribution in [0.1, 0.15) is 34.3 Å². The minimum Gasteiger partial charge on any atom is -0.495 e. The lowest BCUT2D eigenvalue weighted by Crippen LogP contribution is -2.44. The van der Waals surface area contributed by atoms with Crippen LogP contribution in [0.5, 0.6) is 5.75 Å². The predicted octanol–water partition coefficient (Wildman–Crippen LogP) is 2.42. The van der Waals surface area contributed by atoms with E-state index < -0.39 is 10.0 Å². The zero-order valence-corrected chi connectivity index (χ0v) is 20.6. The third-order valence-electron chi connectivity index (χ3n) is 6.43. The summed E-state index contributed by atoms with van der Waals surface area (Å²) in [7, 11) is -2.36. The van der Waals surface area contributed by atoms with Gasteiger partial charge in [0.1, 0.15) is 10.6 Å². The first-order chi connectivity index (χ1) is 16.4. The molecule has 2 aromatic carbocycles. The number of likely N-dealkylation sites (tertiary alicyclic amines) is 1. The van der Waals surface area contributed by atoms with Crippen LogP contribution in [0.15, 0.2) is 47.4 Å². The number of carbonyl (C=O) groups excluding carboxylic acids is 1. The number of aryl methyl sites for hydroxylation is 1. The molecule has 2 aromatic rings. The molecule has 0 aromatic heterocycles. The number of amides is 1. The molecule has 34 heavy (non-hydrogen) atoms. The summed E-state index contributed by atoms with van der Waals surface area (Å²) in [5, 5.41) is 3.09. The van der Waals surface area contributed by atoms with Gasteiger partial charge in [-0.2, -0.15) is 4.31 Å². The number of ether oxygens (including phenoxy) is 2. The van der Waals surface area contributed by atoms with Crippen molar-refractivity contribution in [3.63, 3.8) is 0 Å². The Hall–Kier alpha value is -2.46. The highest BCUT2D eigenvalue weighted by molar-refractivity contribution is 7.89. The van der Waals surface area contributed by atoms with E-state index in [2.05, 4.69) is 41.4 Å². The molecule has 2 fully saturated rings. The summed E-state index contributed by atoms with van der Waals surface area (Å²) in [5.74, 6) is -0.0364. The fourth-order valence-electron chi connectivity index (χ4n) is 4.52. The van der Waals surface area contributed by atoms with Gasteiger partial charge in [-0.15, -0.1) is 0 Å². The summed E-state index contributed by atoms with van der Waals surface area (Å²) < 4.78 is 38.3. The quantitative estimate of drug-likeness (QED) is 0.645. The molecule has 0 aliphatic carbocycles. The Bertz CT molecular complexity index is 1110. The predicted molar refractivity (Wildman–Crippen MR) is 130 cm³/mol. The van der Waals surface area contributed by atoms with Crippen molar-refractivity contribution in [2.75, 3.05) is 46.5 Å². The van der Waals surface area contributed by atoms with E-state index in [-0.39, 0.29) is 35.7 Å². The smallest absolute Gasteiger partial charge is 0.251 e. The molecule has 0 spiro atoms. The summed E-state index contributed by atoms with van der Waals surface area (Å²) in [6, 6.07) is 13.2. The van der Waals surface area contributed by atoms with Gasteiger partial charge in [0.05, 0.1) is 20.3 Å². The van der Waals surface area contributed by atoms with Gasteiger partial charge in [0.15, 0.2) is 0 Å². The van der Waals surface area contributed by atoms with E-state index in [4.69, 9.17) is 9.47 Å². The number of morpholine rings is 1. The number of nitrogens with zero attached hydrogens (tertiary/aromatic N) is 2. The molecule has 0 saturated carbocycles. The van der Waals surface area contributed by atoms with Crippen LogP contribution < -0.4 is 10.1 Å². The Labute approximate surface area is 201 Å². The highest BCUT2D eigenvalue weighted by Crippen LogP contribution is 2.28. The normalized spacial score (nSPS) is 18.5. The molecule has 0 radical (unpaired) electrons. The molecule has 0 unspecified atom stereocenters. The first-order valence-corrected chi connectivity index (χ1v) is 13.2. The van der Waals surface area contributed by atoms with Crippen molar-refractivity contribution in [1.29, 1.82) is 0 Å². The van der Waals surface area contributed by atoms with Crippen LogP contribution in [0.25, 0.3) is 0 Å². The first kappa shape index (κ1) is 24.7. The monoisotopic (exact) mass is 487 g/mol. The number of hydrogen-bond acceptors (Lipinski definition) is 6. The Morgan fingerprint density at radius 3 is 2.50 bits per heavy atom.